The van der Waals surface area contributed by atoms with E-state index in [4.69, 9.17) is 27.9 Å². The molecule has 1 aliphatic rings. The van der Waals surface area contributed by atoms with Crippen LogP contribution in [-0.2, 0) is 4.79 Å². The van der Waals surface area contributed by atoms with Crippen molar-refractivity contribution in [2.24, 2.45) is 5.92 Å². The number of nitrogens with one attached hydrogen (secondary N) is 1. The molecule has 0 aromatic heterocycles. The van der Waals surface area contributed by atoms with E-state index < -0.39 is 6.10 Å². The molecule has 0 saturated heterocycles. The molecule has 2 rings (SSSR count). The van der Waals surface area contributed by atoms with E-state index in [9.17, 15) is 4.79 Å². The van der Waals surface area contributed by atoms with E-state index in [1.807, 2.05) is 0 Å². The fourth-order valence-corrected chi connectivity index (χ4v) is 2.99. The lowest BCUT2D eigenvalue weighted by atomic mass is 9.86. The summed E-state index contributed by atoms with van der Waals surface area (Å²) in [7, 11) is 0. The van der Waals surface area contributed by atoms with Gasteiger partial charge in [0.25, 0.3) is 5.91 Å². The van der Waals surface area contributed by atoms with E-state index in [2.05, 4.69) is 12.2 Å². The Kier molecular flexibility index (Phi) is 5.77. The van der Waals surface area contributed by atoms with Crippen LogP contribution >= 0.6 is 23.2 Å². The van der Waals surface area contributed by atoms with Crippen LogP contribution in [0.5, 0.6) is 5.75 Å². The van der Waals surface area contributed by atoms with Crippen LogP contribution in [-0.4, -0.2) is 18.1 Å². The Bertz CT molecular complexity index is 507. The molecule has 3 unspecified atom stereocenters. The van der Waals surface area contributed by atoms with Gasteiger partial charge in [-0.3, -0.25) is 4.79 Å². The molecule has 1 fully saturated rings. The van der Waals surface area contributed by atoms with Crippen LogP contribution in [0.25, 0.3) is 0 Å². The van der Waals surface area contributed by atoms with Crippen LogP contribution in [0, 0.1) is 5.92 Å². The first kappa shape index (κ1) is 16.4. The zero-order valence-corrected chi connectivity index (χ0v) is 13.9. The third kappa shape index (κ3) is 4.27. The second-order valence-corrected chi connectivity index (χ2v) is 6.47. The van der Waals surface area contributed by atoms with Crippen molar-refractivity contribution in [1.82, 2.24) is 5.32 Å². The molecule has 21 heavy (non-hydrogen) atoms. The van der Waals surface area contributed by atoms with Gasteiger partial charge in [-0.2, -0.15) is 0 Å². The molecule has 1 saturated carbocycles. The van der Waals surface area contributed by atoms with Gasteiger partial charge in [-0.1, -0.05) is 49.0 Å². The van der Waals surface area contributed by atoms with Gasteiger partial charge in [-0.05, 0) is 37.8 Å². The van der Waals surface area contributed by atoms with Gasteiger partial charge >= 0.3 is 0 Å². The lowest BCUT2D eigenvalue weighted by Crippen LogP contribution is -2.46. The maximum absolute atomic E-state index is 12.2. The van der Waals surface area contributed by atoms with Crippen LogP contribution in [0.4, 0.5) is 0 Å². The van der Waals surface area contributed by atoms with Gasteiger partial charge in [-0.25, -0.2) is 0 Å². The summed E-state index contributed by atoms with van der Waals surface area (Å²) < 4.78 is 5.64. The molecule has 1 aromatic rings. The molecule has 5 heteroatoms. The zero-order chi connectivity index (χ0) is 15.4. The van der Waals surface area contributed by atoms with Gasteiger partial charge in [0.15, 0.2) is 6.10 Å². The number of hydrogen-bond donors (Lipinski definition) is 1. The minimum absolute atomic E-state index is 0.107. The molecule has 1 amide bonds. The predicted octanol–water partition coefficient (Wildman–Crippen LogP) is 4.46. The first-order valence-corrected chi connectivity index (χ1v) is 8.15. The highest BCUT2D eigenvalue weighted by Crippen LogP contribution is 2.32. The molecule has 3 nitrogen and oxygen atoms in total. The monoisotopic (exact) mass is 329 g/mol. The lowest BCUT2D eigenvalue weighted by Gasteiger charge is -2.30. The van der Waals surface area contributed by atoms with Crippen molar-refractivity contribution in [2.75, 3.05) is 0 Å². The van der Waals surface area contributed by atoms with Crippen LogP contribution in [0.2, 0.25) is 10.0 Å². The summed E-state index contributed by atoms with van der Waals surface area (Å²) in [6.07, 6.45) is 4.02. The molecule has 0 radical (unpaired) electrons. The van der Waals surface area contributed by atoms with Gasteiger partial charge in [0, 0.05) is 6.04 Å². The topological polar surface area (TPSA) is 38.3 Å². The predicted molar refractivity (Wildman–Crippen MR) is 86.1 cm³/mol. The second-order valence-electron chi connectivity index (χ2n) is 5.69. The Hall–Kier alpha value is -0.930. The molecule has 1 N–H and O–H groups in total. The highest BCUT2D eigenvalue weighted by molar-refractivity contribution is 6.42. The third-order valence-corrected chi connectivity index (χ3v) is 4.83. The van der Waals surface area contributed by atoms with Crippen LogP contribution in [0.3, 0.4) is 0 Å². The summed E-state index contributed by atoms with van der Waals surface area (Å²) in [4.78, 5) is 12.2. The van der Waals surface area contributed by atoms with E-state index in [1.54, 1.807) is 25.1 Å². The maximum atomic E-state index is 12.2. The SMILES string of the molecule is CC(Oc1cccc(Cl)c1Cl)C(=O)NC1CCCCC1C. The van der Waals surface area contributed by atoms with Crippen molar-refractivity contribution in [3.63, 3.8) is 0 Å². The van der Waals surface area contributed by atoms with Crippen molar-refractivity contribution in [3.05, 3.63) is 28.2 Å². The lowest BCUT2D eigenvalue weighted by molar-refractivity contribution is -0.128. The summed E-state index contributed by atoms with van der Waals surface area (Å²) in [6.45, 7) is 3.91. The minimum Gasteiger partial charge on any atom is -0.479 e. The highest BCUT2D eigenvalue weighted by Gasteiger charge is 2.25. The normalized spacial score (nSPS) is 23.4. The smallest absolute Gasteiger partial charge is 0.261 e. The fraction of sp³-hybridized carbons (Fsp3) is 0.562. The van der Waals surface area contributed by atoms with E-state index in [0.717, 1.165) is 6.42 Å². The Labute approximate surface area is 136 Å². The number of carbonyl (C=O) groups is 1. The average Bonchev–Trinajstić information content (AvgIpc) is 2.46. The number of carbonyl (C=O) groups excluding carboxylic acids is 1. The summed E-state index contributed by atoms with van der Waals surface area (Å²) in [6, 6.07) is 5.39. The number of ether oxygens (including phenoxy) is 1. The van der Waals surface area contributed by atoms with Gasteiger partial charge in [0.2, 0.25) is 0 Å². The molecule has 3 atom stereocenters. The van der Waals surface area contributed by atoms with Crippen LogP contribution in [0.15, 0.2) is 18.2 Å². The number of rotatable bonds is 4. The largest absolute Gasteiger partial charge is 0.479 e. The first-order chi connectivity index (χ1) is 9.99. The van der Waals surface area contributed by atoms with Gasteiger partial charge < -0.3 is 10.1 Å². The Balaban J connectivity index is 1.94. The third-order valence-electron chi connectivity index (χ3n) is 4.03. The second kappa shape index (κ2) is 7.37. The number of hydrogen-bond acceptors (Lipinski definition) is 2. The Morgan fingerprint density at radius 2 is 2.05 bits per heavy atom. The number of amides is 1. The Morgan fingerprint density at radius 1 is 1.33 bits per heavy atom. The van der Waals surface area contributed by atoms with Crippen LogP contribution in [0.1, 0.15) is 39.5 Å². The molecule has 0 spiro atoms. The molecule has 1 aromatic carbocycles. The van der Waals surface area contributed by atoms with Gasteiger partial charge in [-0.15, -0.1) is 0 Å². The van der Waals surface area contributed by atoms with Crippen molar-refractivity contribution in [2.45, 2.75) is 51.7 Å². The summed E-state index contributed by atoms with van der Waals surface area (Å²) >= 11 is 12.0. The highest BCUT2D eigenvalue weighted by atomic mass is 35.5. The summed E-state index contributed by atoms with van der Waals surface area (Å²) in [5.74, 6) is 0.845. The molecule has 0 aliphatic heterocycles. The van der Waals surface area contributed by atoms with E-state index in [-0.39, 0.29) is 11.9 Å². The molecule has 116 valence electrons. The summed E-state index contributed by atoms with van der Waals surface area (Å²) in [5.41, 5.74) is 0. The quantitative estimate of drug-likeness (QED) is 0.885. The van der Waals surface area contributed by atoms with Crippen molar-refractivity contribution >= 4 is 29.1 Å². The zero-order valence-electron chi connectivity index (χ0n) is 12.4. The Morgan fingerprint density at radius 3 is 2.76 bits per heavy atom. The number of benzene rings is 1. The van der Waals surface area contributed by atoms with Crippen molar-refractivity contribution in [1.29, 1.82) is 0 Å². The first-order valence-electron chi connectivity index (χ1n) is 7.40. The maximum Gasteiger partial charge on any atom is 0.261 e. The van der Waals surface area contributed by atoms with Gasteiger partial charge in [0.05, 0.1) is 5.02 Å². The average molecular weight is 330 g/mol. The van der Waals surface area contributed by atoms with E-state index in [1.165, 1.54) is 19.3 Å². The number of halogens is 2. The standard InChI is InChI=1S/C16H21Cl2NO2/c1-10-6-3-4-8-13(10)19-16(20)11(2)21-14-9-5-7-12(17)15(14)18/h5,7,9-11,13H,3-4,6,8H2,1-2H3,(H,19,20). The van der Waals surface area contributed by atoms with E-state index in [0.29, 0.717) is 21.7 Å². The van der Waals surface area contributed by atoms with Crippen LogP contribution < -0.4 is 10.1 Å². The molecular weight excluding hydrogens is 309 g/mol. The van der Waals surface area contributed by atoms with Crippen molar-refractivity contribution < 1.29 is 9.53 Å². The molecule has 1 aliphatic carbocycles. The molecular formula is C16H21Cl2NO2. The fourth-order valence-electron chi connectivity index (χ4n) is 2.65. The molecule has 0 heterocycles. The van der Waals surface area contributed by atoms with Crippen molar-refractivity contribution in [3.8, 4) is 5.75 Å². The van der Waals surface area contributed by atoms with Gasteiger partial charge in [0.1, 0.15) is 10.8 Å². The minimum atomic E-state index is -0.602. The summed E-state index contributed by atoms with van der Waals surface area (Å²) in [5, 5.41) is 3.84. The van der Waals surface area contributed by atoms with E-state index >= 15 is 0 Å². The molecule has 0 bridgehead atoms.